The van der Waals surface area contributed by atoms with E-state index in [2.05, 4.69) is 17.6 Å². The van der Waals surface area contributed by atoms with Gasteiger partial charge in [-0.3, -0.25) is 4.79 Å². The van der Waals surface area contributed by atoms with Gasteiger partial charge in [-0.2, -0.15) is 0 Å². The fourth-order valence-electron chi connectivity index (χ4n) is 2.69. The summed E-state index contributed by atoms with van der Waals surface area (Å²) in [5, 5.41) is 6.35. The Morgan fingerprint density at radius 1 is 1.47 bits per heavy atom. The summed E-state index contributed by atoms with van der Waals surface area (Å²) in [7, 11) is 0. The lowest BCUT2D eigenvalue weighted by Crippen LogP contribution is -2.41. The summed E-state index contributed by atoms with van der Waals surface area (Å²) in [6, 6.07) is 5.91. The molecule has 2 N–H and O–H groups in total. The van der Waals surface area contributed by atoms with Crippen LogP contribution in [0.25, 0.3) is 0 Å². The summed E-state index contributed by atoms with van der Waals surface area (Å²) in [5.41, 5.74) is 1.55. The highest BCUT2D eigenvalue weighted by molar-refractivity contribution is 5.99. The van der Waals surface area contributed by atoms with Crippen molar-refractivity contribution in [3.63, 3.8) is 0 Å². The molecule has 1 amide bonds. The van der Waals surface area contributed by atoms with Crippen LogP contribution >= 0.6 is 0 Å². The van der Waals surface area contributed by atoms with E-state index in [4.69, 9.17) is 4.74 Å². The van der Waals surface area contributed by atoms with Crippen LogP contribution in [0.5, 0.6) is 5.75 Å². The molecule has 1 heterocycles. The van der Waals surface area contributed by atoms with Gasteiger partial charge in [0.25, 0.3) is 5.91 Å². The Labute approximate surface area is 113 Å². The molecule has 3 rings (SSSR count). The fraction of sp³-hybridized carbons (Fsp3) is 0.533. The third kappa shape index (κ3) is 2.39. The van der Waals surface area contributed by atoms with Gasteiger partial charge in [0.2, 0.25) is 0 Å². The molecule has 1 aromatic rings. The van der Waals surface area contributed by atoms with Gasteiger partial charge < -0.3 is 15.4 Å². The van der Waals surface area contributed by atoms with Crippen molar-refractivity contribution in [2.45, 2.75) is 32.2 Å². The molecular weight excluding hydrogens is 240 g/mol. The minimum absolute atomic E-state index is 0.0278. The molecule has 19 heavy (non-hydrogen) atoms. The normalized spacial score (nSPS) is 19.4. The van der Waals surface area contributed by atoms with Crippen LogP contribution in [-0.2, 0) is 0 Å². The molecule has 4 heteroatoms. The molecule has 4 nitrogen and oxygen atoms in total. The second kappa shape index (κ2) is 5.11. The number of rotatable bonds is 3. The van der Waals surface area contributed by atoms with Crippen LogP contribution in [-0.4, -0.2) is 25.1 Å². The first-order valence-corrected chi connectivity index (χ1v) is 7.06. The molecule has 0 bridgehead atoms. The third-order valence-electron chi connectivity index (χ3n) is 4.14. The molecule has 102 valence electrons. The van der Waals surface area contributed by atoms with Crippen molar-refractivity contribution >= 4 is 11.6 Å². The number of hydrogen-bond donors (Lipinski definition) is 2. The average molecular weight is 260 g/mol. The fourth-order valence-corrected chi connectivity index (χ4v) is 2.69. The van der Waals surface area contributed by atoms with Crippen LogP contribution in [0.15, 0.2) is 18.2 Å². The second-order valence-electron chi connectivity index (χ2n) is 5.41. The van der Waals surface area contributed by atoms with Gasteiger partial charge >= 0.3 is 0 Å². The summed E-state index contributed by atoms with van der Waals surface area (Å²) in [6.07, 6.45) is 3.75. The Balaban J connectivity index is 1.75. The lowest BCUT2D eigenvalue weighted by atomic mass is 9.80. The number of carbonyl (C=O) groups excluding carboxylic acids is 1. The molecule has 1 atom stereocenters. The standard InChI is InChI=1S/C15H20N2O2/c1-10(11-4-2-5-11)17-15(18)12-6-3-7-13-14(12)19-9-8-16-13/h3,6-7,10-11,16H,2,4-5,8-9H2,1H3,(H,17,18). The smallest absolute Gasteiger partial charge is 0.255 e. The summed E-state index contributed by atoms with van der Waals surface area (Å²) >= 11 is 0. The van der Waals surface area contributed by atoms with Gasteiger partial charge in [-0.15, -0.1) is 0 Å². The van der Waals surface area contributed by atoms with E-state index in [1.807, 2.05) is 18.2 Å². The van der Waals surface area contributed by atoms with E-state index in [-0.39, 0.29) is 11.9 Å². The van der Waals surface area contributed by atoms with Crippen molar-refractivity contribution in [1.29, 1.82) is 0 Å². The molecule has 2 aliphatic rings. The van der Waals surface area contributed by atoms with Crippen molar-refractivity contribution in [3.8, 4) is 5.75 Å². The Kier molecular flexibility index (Phi) is 3.32. The van der Waals surface area contributed by atoms with Gasteiger partial charge in [-0.25, -0.2) is 0 Å². The molecule has 0 aromatic heterocycles. The second-order valence-corrected chi connectivity index (χ2v) is 5.41. The quantitative estimate of drug-likeness (QED) is 0.877. The molecule has 1 unspecified atom stereocenters. The highest BCUT2D eigenvalue weighted by Crippen LogP contribution is 2.32. The minimum atomic E-state index is -0.0278. The predicted octanol–water partition coefficient (Wildman–Crippen LogP) is 2.41. The van der Waals surface area contributed by atoms with E-state index in [1.165, 1.54) is 19.3 Å². The number of amides is 1. The molecule has 1 aromatic carbocycles. The van der Waals surface area contributed by atoms with Gasteiger partial charge in [0.15, 0.2) is 5.75 Å². The monoisotopic (exact) mass is 260 g/mol. The highest BCUT2D eigenvalue weighted by atomic mass is 16.5. The minimum Gasteiger partial charge on any atom is -0.489 e. The van der Waals surface area contributed by atoms with Crippen molar-refractivity contribution in [1.82, 2.24) is 5.32 Å². The number of hydrogen-bond acceptors (Lipinski definition) is 3. The lowest BCUT2D eigenvalue weighted by molar-refractivity contribution is 0.0905. The van der Waals surface area contributed by atoms with Gasteiger partial charge in [0.05, 0.1) is 11.3 Å². The summed E-state index contributed by atoms with van der Waals surface area (Å²) in [5.74, 6) is 1.30. The number of benzene rings is 1. The molecule has 1 aliphatic carbocycles. The number of nitrogens with one attached hydrogen (secondary N) is 2. The van der Waals surface area contributed by atoms with E-state index in [0.29, 0.717) is 23.8 Å². The van der Waals surface area contributed by atoms with Crippen LogP contribution in [0.3, 0.4) is 0 Å². The maximum absolute atomic E-state index is 12.4. The van der Waals surface area contributed by atoms with Crippen molar-refractivity contribution in [2.24, 2.45) is 5.92 Å². The number of fused-ring (bicyclic) bond motifs is 1. The Morgan fingerprint density at radius 3 is 3.05 bits per heavy atom. The van der Waals surface area contributed by atoms with E-state index < -0.39 is 0 Å². The van der Waals surface area contributed by atoms with Crippen LogP contribution in [0.2, 0.25) is 0 Å². The first-order chi connectivity index (χ1) is 9.25. The van der Waals surface area contributed by atoms with E-state index in [0.717, 1.165) is 12.2 Å². The zero-order chi connectivity index (χ0) is 13.2. The molecule has 0 radical (unpaired) electrons. The molecule has 1 aliphatic heterocycles. The maximum atomic E-state index is 12.4. The molecule has 1 saturated carbocycles. The van der Waals surface area contributed by atoms with Crippen molar-refractivity contribution in [3.05, 3.63) is 23.8 Å². The lowest BCUT2D eigenvalue weighted by Gasteiger charge is -2.32. The first kappa shape index (κ1) is 12.3. The molecular formula is C15H20N2O2. The largest absolute Gasteiger partial charge is 0.489 e. The van der Waals surface area contributed by atoms with E-state index in [1.54, 1.807) is 0 Å². The zero-order valence-electron chi connectivity index (χ0n) is 11.2. The molecule has 0 saturated heterocycles. The van der Waals surface area contributed by atoms with Crippen molar-refractivity contribution in [2.75, 3.05) is 18.5 Å². The van der Waals surface area contributed by atoms with Crippen LogP contribution in [0.1, 0.15) is 36.5 Å². The van der Waals surface area contributed by atoms with Crippen LogP contribution < -0.4 is 15.4 Å². The van der Waals surface area contributed by atoms with E-state index in [9.17, 15) is 4.79 Å². The van der Waals surface area contributed by atoms with E-state index >= 15 is 0 Å². The van der Waals surface area contributed by atoms with Crippen LogP contribution in [0.4, 0.5) is 5.69 Å². The third-order valence-corrected chi connectivity index (χ3v) is 4.14. The van der Waals surface area contributed by atoms with Crippen LogP contribution in [0, 0.1) is 5.92 Å². The Hall–Kier alpha value is -1.71. The summed E-state index contributed by atoms with van der Waals surface area (Å²) in [4.78, 5) is 12.4. The maximum Gasteiger partial charge on any atom is 0.255 e. The number of anilines is 1. The average Bonchev–Trinajstić information content (AvgIpc) is 2.35. The van der Waals surface area contributed by atoms with Gasteiger partial charge in [-0.1, -0.05) is 12.5 Å². The van der Waals surface area contributed by atoms with Gasteiger partial charge in [0, 0.05) is 12.6 Å². The molecule has 1 fully saturated rings. The Morgan fingerprint density at radius 2 is 2.32 bits per heavy atom. The highest BCUT2D eigenvalue weighted by Gasteiger charge is 2.26. The summed E-state index contributed by atoms with van der Waals surface area (Å²) in [6.45, 7) is 3.49. The number of para-hydroxylation sites is 1. The predicted molar refractivity (Wildman–Crippen MR) is 74.7 cm³/mol. The SMILES string of the molecule is CC(NC(=O)c1cccc2c1OCCN2)C1CCC1. The Bertz CT molecular complexity index is 483. The number of carbonyl (C=O) groups is 1. The molecule has 0 spiro atoms. The van der Waals surface area contributed by atoms with Gasteiger partial charge in [-0.05, 0) is 37.8 Å². The topological polar surface area (TPSA) is 50.4 Å². The van der Waals surface area contributed by atoms with Gasteiger partial charge in [0.1, 0.15) is 6.61 Å². The first-order valence-electron chi connectivity index (χ1n) is 7.06. The number of ether oxygens (including phenoxy) is 1. The summed E-state index contributed by atoms with van der Waals surface area (Å²) < 4.78 is 5.63. The van der Waals surface area contributed by atoms with Crippen molar-refractivity contribution < 1.29 is 9.53 Å². The zero-order valence-corrected chi connectivity index (χ0v) is 11.2.